The van der Waals surface area contributed by atoms with Gasteiger partial charge in [0, 0.05) is 13.0 Å². The second-order valence-electron chi connectivity index (χ2n) is 3.20. The Balaban J connectivity index is 2.31. The van der Waals surface area contributed by atoms with Gasteiger partial charge in [0.1, 0.15) is 0 Å². The van der Waals surface area contributed by atoms with Crippen molar-refractivity contribution in [2.75, 3.05) is 13.6 Å². The van der Waals surface area contributed by atoms with Crippen molar-refractivity contribution in [3.05, 3.63) is 12.2 Å². The molecule has 0 radical (unpaired) electrons. The first-order chi connectivity index (χ1) is 4.77. The lowest BCUT2D eigenvalue weighted by Gasteiger charge is -2.37. The fourth-order valence-electron chi connectivity index (χ4n) is 1.82. The first-order valence-electron chi connectivity index (χ1n) is 3.68. The minimum atomic E-state index is 0.102. The van der Waals surface area contributed by atoms with E-state index in [1.54, 1.807) is 0 Å². The summed E-state index contributed by atoms with van der Waals surface area (Å²) in [5.41, 5.74) is 0. The van der Waals surface area contributed by atoms with Crippen LogP contribution in [0, 0.1) is 5.92 Å². The quantitative estimate of drug-likeness (QED) is 0.452. The minimum absolute atomic E-state index is 0.102. The summed E-state index contributed by atoms with van der Waals surface area (Å²) in [4.78, 5) is 13.3. The van der Waals surface area contributed by atoms with Gasteiger partial charge in [0.15, 0.2) is 5.78 Å². The molecule has 2 atom stereocenters. The van der Waals surface area contributed by atoms with Crippen LogP contribution in [-0.4, -0.2) is 30.3 Å². The molecule has 2 nitrogen and oxygen atoms in total. The number of likely N-dealkylation sites (N-methyl/N-ethyl adjacent to an activating group) is 1. The molecule has 1 fully saturated rings. The fraction of sp³-hybridized carbons (Fsp3) is 0.625. The summed E-state index contributed by atoms with van der Waals surface area (Å²) in [5.74, 6) is 0.892. The molecule has 3 rings (SSSR count). The largest absolute Gasteiger partial charge is 0.298 e. The molecule has 2 heteroatoms. The molecule has 0 spiro atoms. The standard InChI is InChI=1S/C8H11NO/c1-9-5-6-2-3-7(9)8(10)4-6/h2-3,6-7H,4-5H2,1H3. The van der Waals surface area contributed by atoms with Crippen molar-refractivity contribution >= 4 is 5.78 Å². The third kappa shape index (κ3) is 0.721. The Morgan fingerprint density at radius 1 is 1.60 bits per heavy atom. The van der Waals surface area contributed by atoms with Crippen LogP contribution >= 0.6 is 0 Å². The normalized spacial score (nSPS) is 39.1. The molecule has 2 unspecified atom stereocenters. The number of piperidine rings is 1. The Morgan fingerprint density at radius 2 is 2.40 bits per heavy atom. The molecule has 0 N–H and O–H groups in total. The van der Waals surface area contributed by atoms with E-state index in [0.717, 1.165) is 13.0 Å². The average Bonchev–Trinajstić information content (AvgIpc) is 1.86. The number of hydrogen-bond donors (Lipinski definition) is 0. The van der Waals surface area contributed by atoms with Crippen LogP contribution < -0.4 is 0 Å². The molecule has 1 aliphatic carbocycles. The molecule has 1 saturated heterocycles. The predicted octanol–water partition coefficient (Wildman–Crippen LogP) is 0.446. The Kier molecular flexibility index (Phi) is 1.17. The molecular formula is C8H11NO. The van der Waals surface area contributed by atoms with Crippen LogP contribution in [-0.2, 0) is 4.79 Å². The summed E-state index contributed by atoms with van der Waals surface area (Å²) < 4.78 is 0. The number of nitrogens with zero attached hydrogens (tertiary/aromatic N) is 1. The summed E-state index contributed by atoms with van der Waals surface area (Å²) >= 11 is 0. The lowest BCUT2D eigenvalue weighted by atomic mass is 9.86. The lowest BCUT2D eigenvalue weighted by molar-refractivity contribution is -0.126. The molecule has 0 aromatic heterocycles. The van der Waals surface area contributed by atoms with Crippen LogP contribution in [0.5, 0.6) is 0 Å². The number of ketones is 1. The minimum Gasteiger partial charge on any atom is -0.298 e. The molecule has 0 amide bonds. The van der Waals surface area contributed by atoms with Gasteiger partial charge >= 0.3 is 0 Å². The highest BCUT2D eigenvalue weighted by molar-refractivity contribution is 5.88. The Hall–Kier alpha value is -0.630. The first kappa shape index (κ1) is 6.10. The van der Waals surface area contributed by atoms with E-state index < -0.39 is 0 Å². The molecule has 0 aromatic rings. The van der Waals surface area contributed by atoms with E-state index in [1.807, 2.05) is 13.1 Å². The Bertz CT molecular complexity index is 197. The summed E-state index contributed by atoms with van der Waals surface area (Å²) in [6, 6.07) is 0.102. The molecular weight excluding hydrogens is 126 g/mol. The highest BCUT2D eigenvalue weighted by Crippen LogP contribution is 2.25. The highest BCUT2D eigenvalue weighted by Gasteiger charge is 2.33. The number of carbonyl (C=O) groups excluding carboxylic acids is 1. The fourth-order valence-corrected chi connectivity index (χ4v) is 1.82. The maximum atomic E-state index is 11.2. The molecule has 54 valence electrons. The van der Waals surface area contributed by atoms with Crippen LogP contribution in [0.15, 0.2) is 12.2 Å². The third-order valence-electron chi connectivity index (χ3n) is 2.36. The van der Waals surface area contributed by atoms with Crippen molar-refractivity contribution in [2.45, 2.75) is 12.5 Å². The Morgan fingerprint density at radius 3 is 2.80 bits per heavy atom. The smallest absolute Gasteiger partial charge is 0.154 e. The van der Waals surface area contributed by atoms with Gasteiger partial charge in [-0.2, -0.15) is 0 Å². The molecule has 0 saturated carbocycles. The van der Waals surface area contributed by atoms with Gasteiger partial charge in [-0.1, -0.05) is 12.2 Å². The van der Waals surface area contributed by atoms with Crippen molar-refractivity contribution in [1.29, 1.82) is 0 Å². The molecule has 2 bridgehead atoms. The monoisotopic (exact) mass is 137 g/mol. The summed E-state index contributed by atoms with van der Waals surface area (Å²) in [5, 5.41) is 0. The number of rotatable bonds is 0. The van der Waals surface area contributed by atoms with E-state index in [-0.39, 0.29) is 6.04 Å². The zero-order valence-electron chi connectivity index (χ0n) is 6.08. The van der Waals surface area contributed by atoms with Gasteiger partial charge in [-0.05, 0) is 13.0 Å². The van der Waals surface area contributed by atoms with Crippen LogP contribution in [0.4, 0.5) is 0 Å². The molecule has 2 heterocycles. The van der Waals surface area contributed by atoms with Crippen LogP contribution in [0.1, 0.15) is 6.42 Å². The van der Waals surface area contributed by atoms with Gasteiger partial charge in [-0.3, -0.25) is 9.69 Å². The van der Waals surface area contributed by atoms with E-state index in [9.17, 15) is 4.79 Å². The zero-order valence-corrected chi connectivity index (χ0v) is 6.08. The van der Waals surface area contributed by atoms with Gasteiger partial charge in [0.2, 0.25) is 0 Å². The molecule has 2 aliphatic heterocycles. The van der Waals surface area contributed by atoms with Gasteiger partial charge < -0.3 is 0 Å². The summed E-state index contributed by atoms with van der Waals surface area (Å²) in [6.45, 7) is 1.06. The number of Topliss-reactive ketones (excluding diaryl/α,β-unsaturated/α-hetero) is 1. The van der Waals surface area contributed by atoms with Gasteiger partial charge in [-0.25, -0.2) is 0 Å². The summed E-state index contributed by atoms with van der Waals surface area (Å²) in [6.07, 6.45) is 4.97. The van der Waals surface area contributed by atoms with Crippen molar-refractivity contribution < 1.29 is 4.79 Å². The second-order valence-corrected chi connectivity index (χ2v) is 3.20. The van der Waals surface area contributed by atoms with E-state index >= 15 is 0 Å². The van der Waals surface area contributed by atoms with Crippen molar-refractivity contribution in [3.63, 3.8) is 0 Å². The van der Waals surface area contributed by atoms with Crippen molar-refractivity contribution in [2.24, 2.45) is 5.92 Å². The number of fused-ring (bicyclic) bond motifs is 2. The summed E-state index contributed by atoms with van der Waals surface area (Å²) in [7, 11) is 2.01. The molecule has 3 aliphatic rings. The first-order valence-corrected chi connectivity index (χ1v) is 3.68. The highest BCUT2D eigenvalue weighted by atomic mass is 16.1. The van der Waals surface area contributed by atoms with Gasteiger partial charge in [-0.15, -0.1) is 0 Å². The van der Waals surface area contributed by atoms with E-state index in [0.29, 0.717) is 11.7 Å². The number of carbonyl (C=O) groups is 1. The van der Waals surface area contributed by atoms with Crippen molar-refractivity contribution in [3.8, 4) is 0 Å². The third-order valence-corrected chi connectivity index (χ3v) is 2.36. The molecule has 0 aromatic carbocycles. The SMILES string of the molecule is CN1CC2C=CC1C(=O)C2. The van der Waals surface area contributed by atoms with E-state index in [1.165, 1.54) is 0 Å². The topological polar surface area (TPSA) is 20.3 Å². The Labute approximate surface area is 60.5 Å². The zero-order chi connectivity index (χ0) is 7.14. The van der Waals surface area contributed by atoms with E-state index in [4.69, 9.17) is 0 Å². The van der Waals surface area contributed by atoms with Gasteiger partial charge in [0.05, 0.1) is 6.04 Å². The second kappa shape index (κ2) is 1.92. The lowest BCUT2D eigenvalue weighted by Crippen LogP contribution is -2.48. The van der Waals surface area contributed by atoms with E-state index in [2.05, 4.69) is 11.0 Å². The van der Waals surface area contributed by atoms with Gasteiger partial charge in [0.25, 0.3) is 0 Å². The maximum absolute atomic E-state index is 11.2. The maximum Gasteiger partial charge on any atom is 0.154 e. The van der Waals surface area contributed by atoms with Crippen LogP contribution in [0.25, 0.3) is 0 Å². The predicted molar refractivity (Wildman–Crippen MR) is 38.7 cm³/mol. The van der Waals surface area contributed by atoms with Crippen LogP contribution in [0.2, 0.25) is 0 Å². The molecule has 10 heavy (non-hydrogen) atoms. The number of hydrogen-bond acceptors (Lipinski definition) is 2. The average molecular weight is 137 g/mol. The van der Waals surface area contributed by atoms with Crippen molar-refractivity contribution in [1.82, 2.24) is 4.90 Å². The van der Waals surface area contributed by atoms with Crippen LogP contribution in [0.3, 0.4) is 0 Å².